The predicted octanol–water partition coefficient (Wildman–Crippen LogP) is 2.87. The lowest BCUT2D eigenvalue weighted by Crippen LogP contribution is -2.34. The molecule has 1 aromatic heterocycles. The third-order valence-electron chi connectivity index (χ3n) is 4.76. The van der Waals surface area contributed by atoms with Crippen LogP contribution in [-0.2, 0) is 11.8 Å². The number of hydrogen-bond acceptors (Lipinski definition) is 4. The van der Waals surface area contributed by atoms with Gasteiger partial charge in [-0.2, -0.15) is 0 Å². The van der Waals surface area contributed by atoms with Crippen LogP contribution in [0.15, 0.2) is 30.6 Å². The fourth-order valence-electron chi connectivity index (χ4n) is 3.32. The smallest absolute Gasteiger partial charge is 0.224 e. The zero-order chi connectivity index (χ0) is 16.9. The number of nitrogens with zero attached hydrogens (tertiary/aromatic N) is 3. The van der Waals surface area contributed by atoms with E-state index in [4.69, 9.17) is 0 Å². The average Bonchev–Trinajstić information content (AvgIpc) is 3.02. The zero-order valence-electron chi connectivity index (χ0n) is 14.7. The van der Waals surface area contributed by atoms with Gasteiger partial charge < -0.3 is 15.2 Å². The molecule has 2 unspecified atom stereocenters. The van der Waals surface area contributed by atoms with E-state index >= 15 is 0 Å². The normalized spacial score (nSPS) is 18.2. The van der Waals surface area contributed by atoms with Crippen LogP contribution in [0.3, 0.4) is 0 Å². The molecule has 1 aliphatic rings. The van der Waals surface area contributed by atoms with Crippen molar-refractivity contribution in [3.8, 4) is 11.4 Å². The number of rotatable bonds is 5. The summed E-state index contributed by atoms with van der Waals surface area (Å²) in [5.41, 5.74) is 1.74. The molecule has 2 aromatic rings. The van der Waals surface area contributed by atoms with E-state index in [0.29, 0.717) is 18.3 Å². The molecule has 2 heterocycles. The molecule has 136 valence electrons. The van der Waals surface area contributed by atoms with E-state index in [9.17, 15) is 4.79 Å². The molecular weight excluding hydrogens is 338 g/mol. The maximum absolute atomic E-state index is 12.4. The van der Waals surface area contributed by atoms with Crippen molar-refractivity contribution in [1.82, 2.24) is 20.1 Å². The van der Waals surface area contributed by atoms with Gasteiger partial charge in [-0.05, 0) is 49.9 Å². The van der Waals surface area contributed by atoms with Gasteiger partial charge in [0.15, 0.2) is 5.82 Å². The summed E-state index contributed by atoms with van der Waals surface area (Å²) in [7, 11) is 1.90. The topological polar surface area (TPSA) is 71.8 Å². The molecule has 0 radical (unpaired) electrons. The minimum absolute atomic E-state index is 0. The van der Waals surface area contributed by atoms with Crippen LogP contribution < -0.4 is 10.6 Å². The number of aromatic nitrogens is 3. The monoisotopic (exact) mass is 363 g/mol. The lowest BCUT2D eigenvalue weighted by Gasteiger charge is -2.28. The van der Waals surface area contributed by atoms with E-state index in [1.54, 1.807) is 6.33 Å². The fourth-order valence-corrected chi connectivity index (χ4v) is 3.32. The molecule has 1 fully saturated rings. The third kappa shape index (κ3) is 5.03. The molecule has 25 heavy (non-hydrogen) atoms. The van der Waals surface area contributed by atoms with Crippen molar-refractivity contribution in [3.05, 3.63) is 30.6 Å². The van der Waals surface area contributed by atoms with Crippen molar-refractivity contribution in [2.45, 2.75) is 26.2 Å². The number of amides is 1. The van der Waals surface area contributed by atoms with Gasteiger partial charge in [-0.25, -0.2) is 0 Å². The number of piperidine rings is 1. The highest BCUT2D eigenvalue weighted by molar-refractivity contribution is 5.91. The highest BCUT2D eigenvalue weighted by Gasteiger charge is 2.22. The third-order valence-corrected chi connectivity index (χ3v) is 4.76. The van der Waals surface area contributed by atoms with Crippen molar-refractivity contribution in [2.24, 2.45) is 18.9 Å². The minimum Gasteiger partial charge on any atom is -0.326 e. The maximum Gasteiger partial charge on any atom is 0.224 e. The summed E-state index contributed by atoms with van der Waals surface area (Å²) in [4.78, 5) is 12.4. The first kappa shape index (κ1) is 19.4. The van der Waals surface area contributed by atoms with Crippen molar-refractivity contribution >= 4 is 24.0 Å². The fraction of sp³-hybridized carbons (Fsp3) is 0.500. The van der Waals surface area contributed by atoms with Crippen LogP contribution in [0.25, 0.3) is 11.4 Å². The van der Waals surface area contributed by atoms with Gasteiger partial charge in [-0.1, -0.05) is 19.1 Å². The zero-order valence-corrected chi connectivity index (χ0v) is 15.6. The molecule has 2 atom stereocenters. The van der Waals surface area contributed by atoms with E-state index in [1.165, 1.54) is 12.8 Å². The van der Waals surface area contributed by atoms with Crippen LogP contribution >= 0.6 is 12.4 Å². The molecule has 2 N–H and O–H groups in total. The van der Waals surface area contributed by atoms with Crippen LogP contribution in [0.2, 0.25) is 0 Å². The van der Waals surface area contributed by atoms with Crippen molar-refractivity contribution < 1.29 is 4.79 Å². The highest BCUT2D eigenvalue weighted by Crippen LogP contribution is 2.24. The van der Waals surface area contributed by atoms with Gasteiger partial charge in [0, 0.05) is 24.7 Å². The van der Waals surface area contributed by atoms with Crippen LogP contribution in [0.5, 0.6) is 0 Å². The van der Waals surface area contributed by atoms with Crippen LogP contribution in [0.4, 0.5) is 5.69 Å². The van der Waals surface area contributed by atoms with Crippen LogP contribution in [0.1, 0.15) is 26.2 Å². The van der Waals surface area contributed by atoms with Crippen molar-refractivity contribution in [1.29, 1.82) is 0 Å². The molecule has 1 amide bonds. The second-order valence-corrected chi connectivity index (χ2v) is 6.68. The number of carbonyl (C=O) groups excluding carboxylic acids is 1. The number of aryl methyl sites for hydroxylation is 1. The molecule has 6 nitrogen and oxygen atoms in total. The second-order valence-electron chi connectivity index (χ2n) is 6.68. The molecule has 7 heteroatoms. The lowest BCUT2D eigenvalue weighted by atomic mass is 9.85. The van der Waals surface area contributed by atoms with Crippen LogP contribution in [-0.4, -0.2) is 33.8 Å². The molecule has 1 saturated heterocycles. The first-order valence-corrected chi connectivity index (χ1v) is 8.58. The Labute approximate surface area is 154 Å². The summed E-state index contributed by atoms with van der Waals surface area (Å²) in [5.74, 6) is 1.84. The van der Waals surface area contributed by atoms with E-state index in [1.807, 2.05) is 35.9 Å². The summed E-state index contributed by atoms with van der Waals surface area (Å²) < 4.78 is 1.86. The van der Waals surface area contributed by atoms with Gasteiger partial charge in [0.1, 0.15) is 6.33 Å². The van der Waals surface area contributed by atoms with Gasteiger partial charge >= 0.3 is 0 Å². The number of carbonyl (C=O) groups is 1. The Morgan fingerprint density at radius 1 is 1.48 bits per heavy atom. The minimum atomic E-state index is 0. The predicted molar refractivity (Wildman–Crippen MR) is 102 cm³/mol. The lowest BCUT2D eigenvalue weighted by molar-refractivity contribution is -0.117. The Bertz CT molecular complexity index is 696. The molecule has 0 spiro atoms. The van der Waals surface area contributed by atoms with Gasteiger partial charge in [0.25, 0.3) is 0 Å². The number of halogens is 1. The van der Waals surface area contributed by atoms with Crippen molar-refractivity contribution in [2.75, 3.05) is 18.4 Å². The molecule has 1 aliphatic heterocycles. The van der Waals surface area contributed by atoms with E-state index in [0.717, 1.165) is 30.2 Å². The molecule has 0 saturated carbocycles. The standard InChI is InChI=1S/C18H25N5O.ClH/c1-13(15-6-4-8-19-11-15)9-17(24)21-16-7-3-5-14(10-16)18-22-20-12-23(18)2;/h3,5,7,10,12-13,15,19H,4,6,8-9,11H2,1-2H3,(H,21,24);1H. The molecule has 0 aliphatic carbocycles. The average molecular weight is 364 g/mol. The van der Waals surface area contributed by atoms with Crippen molar-refractivity contribution in [3.63, 3.8) is 0 Å². The molecular formula is C18H26ClN5O. The summed E-state index contributed by atoms with van der Waals surface area (Å²) in [6.45, 7) is 4.30. The molecule has 1 aromatic carbocycles. The molecule has 0 bridgehead atoms. The van der Waals surface area contributed by atoms with E-state index in [-0.39, 0.29) is 18.3 Å². The van der Waals surface area contributed by atoms with E-state index in [2.05, 4.69) is 27.8 Å². The number of anilines is 1. The number of nitrogens with one attached hydrogen (secondary N) is 2. The van der Waals surface area contributed by atoms with Gasteiger partial charge in [0.2, 0.25) is 5.91 Å². The summed E-state index contributed by atoms with van der Waals surface area (Å²) >= 11 is 0. The van der Waals surface area contributed by atoms with Gasteiger partial charge in [-0.15, -0.1) is 22.6 Å². The van der Waals surface area contributed by atoms with E-state index < -0.39 is 0 Å². The Morgan fingerprint density at radius 2 is 2.32 bits per heavy atom. The Kier molecular flexibility index (Phi) is 6.96. The Hall–Kier alpha value is -1.92. The van der Waals surface area contributed by atoms with Gasteiger partial charge in [-0.3, -0.25) is 4.79 Å². The number of benzene rings is 1. The van der Waals surface area contributed by atoms with Crippen LogP contribution in [0, 0.1) is 11.8 Å². The Balaban J connectivity index is 0.00000225. The SMILES string of the molecule is CC(CC(=O)Nc1cccc(-c2nncn2C)c1)C1CCCNC1.Cl. The number of hydrogen-bond donors (Lipinski definition) is 2. The van der Waals surface area contributed by atoms with Gasteiger partial charge in [0.05, 0.1) is 0 Å². The highest BCUT2D eigenvalue weighted by atomic mass is 35.5. The summed E-state index contributed by atoms with van der Waals surface area (Å²) in [6, 6.07) is 7.74. The first-order valence-electron chi connectivity index (χ1n) is 8.58. The quantitative estimate of drug-likeness (QED) is 0.856. The summed E-state index contributed by atoms with van der Waals surface area (Å²) in [5, 5.41) is 14.4. The second kappa shape index (κ2) is 8.97. The summed E-state index contributed by atoms with van der Waals surface area (Å²) in [6.07, 6.45) is 4.64. The molecule has 3 rings (SSSR count). The first-order chi connectivity index (χ1) is 11.6. The maximum atomic E-state index is 12.4. The Morgan fingerprint density at radius 3 is 3.00 bits per heavy atom. The largest absolute Gasteiger partial charge is 0.326 e.